The number of alkyl halides is 3. The van der Waals surface area contributed by atoms with Gasteiger partial charge in [0.15, 0.2) is 0 Å². The Labute approximate surface area is 126 Å². The number of aliphatic hydroxyl groups excluding tert-OH is 1. The summed E-state index contributed by atoms with van der Waals surface area (Å²) in [6.45, 7) is 1.40. The first kappa shape index (κ1) is 15.3. The third-order valence-electron chi connectivity index (χ3n) is 4.24. The topological polar surface area (TPSA) is 43.8 Å². The van der Waals surface area contributed by atoms with Crippen LogP contribution in [0.3, 0.4) is 0 Å². The molecule has 2 aliphatic heterocycles. The van der Waals surface area contributed by atoms with Crippen molar-refractivity contribution in [2.24, 2.45) is 0 Å². The quantitative estimate of drug-likeness (QED) is 0.906. The van der Waals surface area contributed by atoms with Crippen LogP contribution >= 0.6 is 0 Å². The highest BCUT2D eigenvalue weighted by Crippen LogP contribution is 2.38. The number of β-amino-alcohol motifs (C(OH)–C–C–N with tert-alkyl or cyclic N) is 1. The minimum absolute atomic E-state index is 0.00822. The zero-order chi connectivity index (χ0) is 16.1. The molecule has 4 nitrogen and oxygen atoms in total. The molecule has 1 fully saturated rings. The third-order valence-corrected chi connectivity index (χ3v) is 4.24. The minimum Gasteiger partial charge on any atom is -0.392 e. The molecule has 0 spiro atoms. The van der Waals surface area contributed by atoms with E-state index in [1.165, 1.54) is 11.9 Å². The first-order valence-corrected chi connectivity index (χ1v) is 7.14. The maximum absolute atomic E-state index is 13.3. The number of likely N-dealkylation sites (tertiary alicyclic amines) is 1. The molecule has 120 valence electrons. The van der Waals surface area contributed by atoms with E-state index in [1.807, 2.05) is 4.90 Å². The van der Waals surface area contributed by atoms with Crippen LogP contribution < -0.4 is 0 Å². The van der Waals surface area contributed by atoms with E-state index in [0.29, 0.717) is 31.6 Å². The minimum atomic E-state index is -4.48. The van der Waals surface area contributed by atoms with E-state index in [-0.39, 0.29) is 23.6 Å². The second kappa shape index (κ2) is 5.24. The second-order valence-electron chi connectivity index (χ2n) is 6.01. The van der Waals surface area contributed by atoms with Gasteiger partial charge in [0.25, 0.3) is 5.91 Å². The summed E-state index contributed by atoms with van der Waals surface area (Å²) < 4.78 is 39.8. The van der Waals surface area contributed by atoms with Crippen molar-refractivity contribution in [3.63, 3.8) is 0 Å². The number of aliphatic hydroxyl groups is 1. The zero-order valence-corrected chi connectivity index (χ0v) is 12.2. The number of nitrogens with zero attached hydrogens (tertiary/aromatic N) is 2. The Morgan fingerprint density at radius 2 is 2.09 bits per heavy atom. The predicted octanol–water partition coefficient (Wildman–Crippen LogP) is 1.86. The summed E-state index contributed by atoms with van der Waals surface area (Å²) in [5.74, 6) is -0.371. The summed E-state index contributed by atoms with van der Waals surface area (Å²) in [5, 5.41) is 9.51. The maximum atomic E-state index is 13.3. The van der Waals surface area contributed by atoms with E-state index in [9.17, 15) is 23.1 Å². The zero-order valence-electron chi connectivity index (χ0n) is 12.2. The van der Waals surface area contributed by atoms with Gasteiger partial charge in [-0.1, -0.05) is 0 Å². The standard InChI is InChI=1S/C15H17F3N2O2/c1-19-8-12-11(14(19)22)4-9(5-13(12)15(16,17)18)6-20-3-2-10(21)7-20/h4-5,10,21H,2-3,6-8H2,1H3. The normalized spacial score (nSPS) is 22.5. The van der Waals surface area contributed by atoms with Crippen LogP contribution in [0.1, 0.15) is 33.5 Å². The van der Waals surface area contributed by atoms with Gasteiger partial charge in [-0.3, -0.25) is 9.69 Å². The van der Waals surface area contributed by atoms with Crippen molar-refractivity contribution < 1.29 is 23.1 Å². The van der Waals surface area contributed by atoms with Gasteiger partial charge in [0.05, 0.1) is 11.7 Å². The Morgan fingerprint density at radius 1 is 1.36 bits per heavy atom. The lowest BCUT2D eigenvalue weighted by Gasteiger charge is -2.18. The molecule has 0 aromatic heterocycles. The molecule has 1 saturated heterocycles. The largest absolute Gasteiger partial charge is 0.416 e. The van der Waals surface area contributed by atoms with Crippen molar-refractivity contribution >= 4 is 5.91 Å². The molecule has 1 unspecified atom stereocenters. The van der Waals surface area contributed by atoms with Crippen molar-refractivity contribution in [2.75, 3.05) is 20.1 Å². The van der Waals surface area contributed by atoms with Crippen molar-refractivity contribution in [2.45, 2.75) is 31.8 Å². The Bertz CT molecular complexity index is 616. The predicted molar refractivity (Wildman–Crippen MR) is 73.1 cm³/mol. The number of halogens is 3. The summed E-state index contributed by atoms with van der Waals surface area (Å²) in [7, 11) is 1.50. The van der Waals surface area contributed by atoms with Crippen molar-refractivity contribution in [1.29, 1.82) is 0 Å². The first-order chi connectivity index (χ1) is 10.3. The Hall–Kier alpha value is -1.60. The molecule has 2 aliphatic rings. The summed E-state index contributed by atoms with van der Waals surface area (Å²) >= 11 is 0. The fourth-order valence-electron chi connectivity index (χ4n) is 3.17. The van der Waals surface area contributed by atoms with Crippen LogP contribution in [0, 0.1) is 0 Å². The number of benzene rings is 1. The summed E-state index contributed by atoms with van der Waals surface area (Å²) in [4.78, 5) is 15.2. The molecule has 2 heterocycles. The third kappa shape index (κ3) is 2.70. The van der Waals surface area contributed by atoms with Gasteiger partial charge >= 0.3 is 6.18 Å². The summed E-state index contributed by atoms with van der Waals surface area (Å²) in [6.07, 6.45) is -4.28. The van der Waals surface area contributed by atoms with E-state index >= 15 is 0 Å². The lowest BCUT2D eigenvalue weighted by molar-refractivity contribution is -0.138. The number of carbonyl (C=O) groups is 1. The summed E-state index contributed by atoms with van der Waals surface area (Å²) in [6, 6.07) is 2.69. The first-order valence-electron chi connectivity index (χ1n) is 7.14. The molecular weight excluding hydrogens is 297 g/mol. The molecule has 0 bridgehead atoms. The Balaban J connectivity index is 1.97. The number of carbonyl (C=O) groups excluding carboxylic acids is 1. The van der Waals surface area contributed by atoms with E-state index in [0.717, 1.165) is 6.07 Å². The van der Waals surface area contributed by atoms with Crippen LogP contribution in [0.25, 0.3) is 0 Å². The second-order valence-corrected chi connectivity index (χ2v) is 6.01. The number of rotatable bonds is 2. The Kier molecular flexibility index (Phi) is 3.65. The molecule has 1 aromatic rings. The van der Waals surface area contributed by atoms with Gasteiger partial charge in [0.2, 0.25) is 0 Å². The smallest absolute Gasteiger partial charge is 0.392 e. The van der Waals surface area contributed by atoms with Crippen LogP contribution in [0.2, 0.25) is 0 Å². The number of hydrogen-bond donors (Lipinski definition) is 1. The fourth-order valence-corrected chi connectivity index (χ4v) is 3.17. The number of amides is 1. The molecule has 1 atom stereocenters. The van der Waals surface area contributed by atoms with Crippen LogP contribution in [0.5, 0.6) is 0 Å². The molecule has 3 rings (SSSR count). The van der Waals surface area contributed by atoms with Crippen LogP contribution in [0.4, 0.5) is 13.2 Å². The Morgan fingerprint density at radius 3 is 2.68 bits per heavy atom. The van der Waals surface area contributed by atoms with E-state index in [4.69, 9.17) is 0 Å². The molecule has 0 saturated carbocycles. The van der Waals surface area contributed by atoms with Crippen LogP contribution in [-0.4, -0.2) is 47.1 Å². The van der Waals surface area contributed by atoms with Gasteiger partial charge in [-0.05, 0) is 29.7 Å². The van der Waals surface area contributed by atoms with Crippen LogP contribution in [0.15, 0.2) is 12.1 Å². The monoisotopic (exact) mass is 314 g/mol. The average molecular weight is 314 g/mol. The van der Waals surface area contributed by atoms with Gasteiger partial charge in [0.1, 0.15) is 0 Å². The van der Waals surface area contributed by atoms with Crippen molar-refractivity contribution in [1.82, 2.24) is 9.80 Å². The highest BCUT2D eigenvalue weighted by atomic mass is 19.4. The molecular formula is C15H17F3N2O2. The molecule has 1 aromatic carbocycles. The van der Waals surface area contributed by atoms with Crippen molar-refractivity contribution in [3.05, 3.63) is 34.4 Å². The molecule has 22 heavy (non-hydrogen) atoms. The fraction of sp³-hybridized carbons (Fsp3) is 0.533. The highest BCUT2D eigenvalue weighted by molar-refractivity contribution is 5.98. The number of hydrogen-bond acceptors (Lipinski definition) is 3. The van der Waals surface area contributed by atoms with Gasteiger partial charge in [-0.25, -0.2) is 0 Å². The van der Waals surface area contributed by atoms with Gasteiger partial charge < -0.3 is 10.0 Å². The van der Waals surface area contributed by atoms with E-state index in [1.54, 1.807) is 6.07 Å². The van der Waals surface area contributed by atoms with Gasteiger partial charge in [0, 0.05) is 38.8 Å². The SMILES string of the molecule is CN1Cc2c(cc(CN3CCC(O)C3)cc2C(F)(F)F)C1=O. The van der Waals surface area contributed by atoms with Crippen molar-refractivity contribution in [3.8, 4) is 0 Å². The van der Waals surface area contributed by atoms with E-state index in [2.05, 4.69) is 0 Å². The average Bonchev–Trinajstić information content (AvgIpc) is 2.94. The lowest BCUT2D eigenvalue weighted by atomic mass is 9.98. The lowest BCUT2D eigenvalue weighted by Crippen LogP contribution is -2.22. The summed E-state index contributed by atoms with van der Waals surface area (Å²) in [5.41, 5.74) is -0.0569. The number of fused-ring (bicyclic) bond motifs is 1. The van der Waals surface area contributed by atoms with Gasteiger partial charge in [-0.2, -0.15) is 13.2 Å². The molecule has 7 heteroatoms. The van der Waals surface area contributed by atoms with Crippen LogP contribution in [-0.2, 0) is 19.3 Å². The maximum Gasteiger partial charge on any atom is 0.416 e. The van der Waals surface area contributed by atoms with E-state index < -0.39 is 17.8 Å². The molecule has 1 amide bonds. The molecule has 0 radical (unpaired) electrons. The van der Waals surface area contributed by atoms with Gasteiger partial charge in [-0.15, -0.1) is 0 Å². The molecule has 0 aliphatic carbocycles. The highest BCUT2D eigenvalue weighted by Gasteiger charge is 2.39. The molecule has 1 N–H and O–H groups in total.